The number of esters is 1. The fraction of sp³-hybridized carbons (Fsp3) is 0.900. The SMILES string of the molecule is CCOC(=O)C(N)C1CC2CC2C1. The Morgan fingerprint density at radius 1 is 1.46 bits per heavy atom. The highest BCUT2D eigenvalue weighted by Gasteiger charge is 2.48. The van der Waals surface area contributed by atoms with Gasteiger partial charge in [-0.3, -0.25) is 4.79 Å². The molecule has 2 aliphatic carbocycles. The molecule has 0 amide bonds. The second-order valence-electron chi connectivity index (χ2n) is 4.27. The van der Waals surface area contributed by atoms with Crippen molar-refractivity contribution in [3.8, 4) is 0 Å². The van der Waals surface area contributed by atoms with E-state index in [1.165, 1.54) is 6.42 Å². The van der Waals surface area contributed by atoms with Crippen molar-refractivity contribution in [2.45, 2.75) is 32.2 Å². The second kappa shape index (κ2) is 3.29. The van der Waals surface area contributed by atoms with E-state index in [-0.39, 0.29) is 12.0 Å². The molecule has 2 saturated carbocycles. The molecule has 0 aromatic carbocycles. The molecule has 2 rings (SSSR count). The first-order chi connectivity index (χ1) is 6.22. The van der Waals surface area contributed by atoms with Gasteiger partial charge in [0.25, 0.3) is 0 Å². The summed E-state index contributed by atoms with van der Waals surface area (Å²) in [5.74, 6) is 1.94. The van der Waals surface area contributed by atoms with Gasteiger partial charge in [0, 0.05) is 0 Å². The van der Waals surface area contributed by atoms with Crippen LogP contribution < -0.4 is 5.73 Å². The van der Waals surface area contributed by atoms with E-state index >= 15 is 0 Å². The molecule has 74 valence electrons. The summed E-state index contributed by atoms with van der Waals surface area (Å²) < 4.78 is 4.90. The fourth-order valence-corrected chi connectivity index (χ4v) is 2.49. The summed E-state index contributed by atoms with van der Waals surface area (Å²) in [5.41, 5.74) is 5.82. The highest BCUT2D eigenvalue weighted by atomic mass is 16.5. The molecule has 13 heavy (non-hydrogen) atoms. The van der Waals surface area contributed by atoms with Gasteiger partial charge in [-0.2, -0.15) is 0 Å². The summed E-state index contributed by atoms with van der Waals surface area (Å²) in [6.07, 6.45) is 3.65. The van der Waals surface area contributed by atoms with Gasteiger partial charge in [-0.25, -0.2) is 0 Å². The monoisotopic (exact) mass is 183 g/mol. The van der Waals surface area contributed by atoms with Crippen LogP contribution in [0.25, 0.3) is 0 Å². The number of hydrogen-bond donors (Lipinski definition) is 1. The van der Waals surface area contributed by atoms with E-state index in [9.17, 15) is 4.79 Å². The molecule has 3 heteroatoms. The Morgan fingerprint density at radius 2 is 2.08 bits per heavy atom. The summed E-state index contributed by atoms with van der Waals surface area (Å²) in [7, 11) is 0. The van der Waals surface area contributed by atoms with Gasteiger partial charge in [-0.15, -0.1) is 0 Å². The first-order valence-electron chi connectivity index (χ1n) is 5.14. The maximum absolute atomic E-state index is 11.3. The molecule has 0 bridgehead atoms. The minimum atomic E-state index is -0.368. The van der Waals surface area contributed by atoms with E-state index in [2.05, 4.69) is 0 Å². The topological polar surface area (TPSA) is 52.3 Å². The van der Waals surface area contributed by atoms with E-state index < -0.39 is 0 Å². The van der Waals surface area contributed by atoms with Crippen molar-refractivity contribution in [2.24, 2.45) is 23.5 Å². The van der Waals surface area contributed by atoms with Crippen molar-refractivity contribution < 1.29 is 9.53 Å². The largest absolute Gasteiger partial charge is 0.465 e. The average Bonchev–Trinajstić information content (AvgIpc) is 2.73. The molecule has 0 aliphatic heterocycles. The molecule has 0 aromatic heterocycles. The lowest BCUT2D eigenvalue weighted by Gasteiger charge is -2.18. The van der Waals surface area contributed by atoms with Gasteiger partial charge >= 0.3 is 5.97 Å². The Morgan fingerprint density at radius 3 is 2.62 bits per heavy atom. The van der Waals surface area contributed by atoms with Gasteiger partial charge in [0.2, 0.25) is 0 Å². The van der Waals surface area contributed by atoms with E-state index in [1.54, 1.807) is 0 Å². The van der Waals surface area contributed by atoms with Crippen LogP contribution in [0.15, 0.2) is 0 Å². The van der Waals surface area contributed by atoms with E-state index in [0.29, 0.717) is 12.5 Å². The Kier molecular flexibility index (Phi) is 2.28. The molecular formula is C10H17NO2. The molecule has 0 saturated heterocycles. The molecule has 0 spiro atoms. The zero-order valence-electron chi connectivity index (χ0n) is 8.03. The van der Waals surface area contributed by atoms with Crippen LogP contribution in [0.3, 0.4) is 0 Å². The lowest BCUT2D eigenvalue weighted by molar-refractivity contribution is -0.146. The lowest BCUT2D eigenvalue weighted by Crippen LogP contribution is -2.38. The van der Waals surface area contributed by atoms with Crippen LogP contribution in [0.4, 0.5) is 0 Å². The maximum Gasteiger partial charge on any atom is 0.323 e. The number of nitrogens with two attached hydrogens (primary N) is 1. The number of fused-ring (bicyclic) bond motifs is 1. The normalized spacial score (nSPS) is 38.2. The Labute approximate surface area is 78.6 Å². The van der Waals surface area contributed by atoms with E-state index in [4.69, 9.17) is 10.5 Å². The lowest BCUT2D eigenvalue weighted by atomic mass is 9.95. The third kappa shape index (κ3) is 1.70. The van der Waals surface area contributed by atoms with Crippen LogP contribution in [0.2, 0.25) is 0 Å². The summed E-state index contributed by atoms with van der Waals surface area (Å²) >= 11 is 0. The smallest absolute Gasteiger partial charge is 0.323 e. The molecule has 0 heterocycles. The molecule has 0 radical (unpaired) electrons. The quantitative estimate of drug-likeness (QED) is 0.662. The molecule has 0 aromatic rings. The van der Waals surface area contributed by atoms with Crippen LogP contribution in [0.5, 0.6) is 0 Å². The van der Waals surface area contributed by atoms with Gasteiger partial charge in [-0.05, 0) is 43.9 Å². The summed E-state index contributed by atoms with van der Waals surface area (Å²) in [6.45, 7) is 2.25. The van der Waals surface area contributed by atoms with Gasteiger partial charge in [0.1, 0.15) is 6.04 Å². The van der Waals surface area contributed by atoms with Crippen LogP contribution in [-0.4, -0.2) is 18.6 Å². The molecule has 2 N–H and O–H groups in total. The summed E-state index contributed by atoms with van der Waals surface area (Å²) in [6, 6.07) is -0.368. The first kappa shape index (κ1) is 9.00. The second-order valence-corrected chi connectivity index (χ2v) is 4.27. The zero-order chi connectivity index (χ0) is 9.42. The van der Waals surface area contributed by atoms with Gasteiger partial charge in [-0.1, -0.05) is 0 Å². The first-order valence-corrected chi connectivity index (χ1v) is 5.14. The number of hydrogen-bond acceptors (Lipinski definition) is 3. The molecule has 2 aliphatic rings. The van der Waals surface area contributed by atoms with Gasteiger partial charge < -0.3 is 10.5 Å². The van der Waals surface area contributed by atoms with E-state index in [1.807, 2.05) is 6.92 Å². The Balaban J connectivity index is 1.82. The minimum absolute atomic E-state index is 0.214. The fourth-order valence-electron chi connectivity index (χ4n) is 2.49. The molecule has 3 atom stereocenters. The summed E-state index contributed by atoms with van der Waals surface area (Å²) in [5, 5.41) is 0. The Bertz CT molecular complexity index is 207. The maximum atomic E-state index is 11.3. The zero-order valence-corrected chi connectivity index (χ0v) is 8.03. The predicted molar refractivity (Wildman–Crippen MR) is 48.9 cm³/mol. The number of carbonyl (C=O) groups excluding carboxylic acids is 1. The van der Waals surface area contributed by atoms with Gasteiger partial charge in [0.05, 0.1) is 6.61 Å². The standard InChI is InChI=1S/C10H17NO2/c1-2-13-10(12)9(11)8-4-6-3-7(6)5-8/h6-9H,2-5,11H2,1H3. The van der Waals surface area contributed by atoms with Crippen molar-refractivity contribution in [3.05, 3.63) is 0 Å². The van der Waals surface area contributed by atoms with Crippen molar-refractivity contribution >= 4 is 5.97 Å². The third-order valence-electron chi connectivity index (χ3n) is 3.35. The van der Waals surface area contributed by atoms with E-state index in [0.717, 1.165) is 24.7 Å². The van der Waals surface area contributed by atoms with Crippen molar-refractivity contribution in [1.82, 2.24) is 0 Å². The highest BCUT2D eigenvalue weighted by molar-refractivity contribution is 5.75. The van der Waals surface area contributed by atoms with Crippen LogP contribution in [-0.2, 0) is 9.53 Å². The van der Waals surface area contributed by atoms with Crippen molar-refractivity contribution in [2.75, 3.05) is 6.61 Å². The van der Waals surface area contributed by atoms with Gasteiger partial charge in [0.15, 0.2) is 0 Å². The van der Waals surface area contributed by atoms with Crippen LogP contribution in [0.1, 0.15) is 26.2 Å². The Hall–Kier alpha value is -0.570. The third-order valence-corrected chi connectivity index (χ3v) is 3.35. The highest BCUT2D eigenvalue weighted by Crippen LogP contribution is 2.54. The number of rotatable bonds is 3. The predicted octanol–water partition coefficient (Wildman–Crippen LogP) is 0.923. The number of ether oxygens (including phenoxy) is 1. The molecule has 3 nitrogen and oxygen atoms in total. The van der Waals surface area contributed by atoms with Crippen molar-refractivity contribution in [1.29, 1.82) is 0 Å². The number of carbonyl (C=O) groups is 1. The van der Waals surface area contributed by atoms with Crippen LogP contribution >= 0.6 is 0 Å². The average molecular weight is 183 g/mol. The molecular weight excluding hydrogens is 166 g/mol. The van der Waals surface area contributed by atoms with Crippen LogP contribution in [0, 0.1) is 17.8 Å². The molecule has 3 unspecified atom stereocenters. The molecule has 2 fully saturated rings. The minimum Gasteiger partial charge on any atom is -0.465 e. The van der Waals surface area contributed by atoms with Crippen molar-refractivity contribution in [3.63, 3.8) is 0 Å². The summed E-state index contributed by atoms with van der Waals surface area (Å²) in [4.78, 5) is 11.3.